The molecule has 0 saturated heterocycles. The number of carboxylic acid groups (broad SMARTS) is 1. The highest BCUT2D eigenvalue weighted by molar-refractivity contribution is 6.39. The average molecular weight is 419 g/mol. The van der Waals surface area contributed by atoms with Gasteiger partial charge < -0.3 is 20.6 Å². The van der Waals surface area contributed by atoms with E-state index in [2.05, 4.69) is 4.98 Å². The molecule has 4 N–H and O–H groups in total. The Balaban J connectivity index is 2.35. The van der Waals surface area contributed by atoms with Gasteiger partial charge in [-0.15, -0.1) is 0 Å². The van der Waals surface area contributed by atoms with E-state index in [9.17, 15) is 14.7 Å². The molecule has 6 nitrogen and oxygen atoms in total. The van der Waals surface area contributed by atoms with E-state index in [0.29, 0.717) is 27.2 Å². The lowest BCUT2D eigenvalue weighted by molar-refractivity contribution is -0.130. The van der Waals surface area contributed by atoms with Gasteiger partial charge in [0.05, 0.1) is 17.2 Å². The third-order valence-electron chi connectivity index (χ3n) is 4.10. The van der Waals surface area contributed by atoms with E-state index in [1.165, 1.54) is 12.1 Å². The number of carbonyl (C=O) groups is 2. The zero-order valence-electron chi connectivity index (χ0n) is 14.8. The molecule has 0 aliphatic carbocycles. The van der Waals surface area contributed by atoms with Crippen molar-refractivity contribution >= 4 is 63.4 Å². The third kappa shape index (κ3) is 3.69. The predicted octanol–water partition coefficient (Wildman–Crippen LogP) is 4.86. The average Bonchev–Trinajstić information content (AvgIpc) is 2.99. The van der Waals surface area contributed by atoms with E-state index in [1.54, 1.807) is 37.3 Å². The fourth-order valence-corrected chi connectivity index (χ4v) is 3.52. The van der Waals surface area contributed by atoms with Crippen molar-refractivity contribution in [3.05, 3.63) is 63.3 Å². The molecule has 3 aromatic rings. The summed E-state index contributed by atoms with van der Waals surface area (Å²) in [4.78, 5) is 27.3. The highest BCUT2D eigenvalue weighted by Crippen LogP contribution is 2.35. The van der Waals surface area contributed by atoms with Crippen LogP contribution in [0.25, 0.3) is 22.6 Å². The van der Waals surface area contributed by atoms with Gasteiger partial charge in [0, 0.05) is 32.7 Å². The molecule has 2 aromatic carbocycles. The summed E-state index contributed by atoms with van der Waals surface area (Å²) < 4.78 is 5.09. The summed E-state index contributed by atoms with van der Waals surface area (Å²) >= 11 is 12.4. The number of ether oxygens (including phenoxy) is 1. The molecule has 0 atom stereocenters. The van der Waals surface area contributed by atoms with Crippen LogP contribution in [0.2, 0.25) is 10.0 Å². The fraction of sp³-hybridized carbons (Fsp3) is 0.100. The molecular formula is C20H16Cl2N2O4. The van der Waals surface area contributed by atoms with E-state index < -0.39 is 11.9 Å². The number of benzene rings is 2. The summed E-state index contributed by atoms with van der Waals surface area (Å²) in [7, 11) is 0. The molecule has 0 bridgehead atoms. The Morgan fingerprint density at radius 3 is 2.61 bits per heavy atom. The van der Waals surface area contributed by atoms with Gasteiger partial charge in [-0.2, -0.15) is 0 Å². The number of fused-ring (bicyclic) bond motifs is 1. The first-order valence-electron chi connectivity index (χ1n) is 8.31. The van der Waals surface area contributed by atoms with E-state index in [1.807, 2.05) is 0 Å². The van der Waals surface area contributed by atoms with Gasteiger partial charge in [-0.25, -0.2) is 9.59 Å². The number of para-hydroxylation sites is 1. The number of halogens is 2. The molecule has 0 aliphatic heterocycles. The SMILES string of the molecule is CCOC(=O)c1[nH]c2cc(Cl)cc(Cl)c2c1/C=C(\C(=O)O)c1ccccc1N. The van der Waals surface area contributed by atoms with Crippen molar-refractivity contribution in [2.24, 2.45) is 0 Å². The Hall–Kier alpha value is -2.96. The van der Waals surface area contributed by atoms with Gasteiger partial charge in [0.2, 0.25) is 0 Å². The maximum absolute atomic E-state index is 12.5. The Bertz CT molecular complexity index is 1120. The second kappa shape index (κ2) is 7.96. The molecule has 0 fully saturated rings. The van der Waals surface area contributed by atoms with Crippen molar-refractivity contribution in [3.63, 3.8) is 0 Å². The summed E-state index contributed by atoms with van der Waals surface area (Å²) in [6.07, 6.45) is 1.36. The van der Waals surface area contributed by atoms with E-state index in [-0.39, 0.29) is 28.5 Å². The highest BCUT2D eigenvalue weighted by Gasteiger charge is 2.22. The van der Waals surface area contributed by atoms with Gasteiger partial charge in [0.15, 0.2) is 0 Å². The minimum absolute atomic E-state index is 0.0780. The van der Waals surface area contributed by atoms with Crippen LogP contribution in [0.3, 0.4) is 0 Å². The molecule has 28 heavy (non-hydrogen) atoms. The zero-order chi connectivity index (χ0) is 20.4. The van der Waals surface area contributed by atoms with E-state index >= 15 is 0 Å². The van der Waals surface area contributed by atoms with Gasteiger partial charge in [-0.05, 0) is 31.2 Å². The topological polar surface area (TPSA) is 105 Å². The lowest BCUT2D eigenvalue weighted by atomic mass is 9.99. The van der Waals surface area contributed by atoms with Crippen molar-refractivity contribution in [1.29, 1.82) is 0 Å². The van der Waals surface area contributed by atoms with Crippen molar-refractivity contribution in [3.8, 4) is 0 Å². The molecule has 0 spiro atoms. The molecule has 0 amide bonds. The van der Waals surface area contributed by atoms with Crippen molar-refractivity contribution in [2.75, 3.05) is 12.3 Å². The Morgan fingerprint density at radius 1 is 1.25 bits per heavy atom. The number of aromatic nitrogens is 1. The number of aliphatic carboxylic acids is 1. The van der Waals surface area contributed by atoms with Gasteiger partial charge in [0.25, 0.3) is 0 Å². The van der Waals surface area contributed by atoms with E-state index in [0.717, 1.165) is 0 Å². The van der Waals surface area contributed by atoms with Gasteiger partial charge in [0.1, 0.15) is 5.69 Å². The van der Waals surface area contributed by atoms with Crippen molar-refractivity contribution < 1.29 is 19.4 Å². The Labute approximate surface area is 170 Å². The molecular weight excluding hydrogens is 403 g/mol. The van der Waals surface area contributed by atoms with Crippen molar-refractivity contribution in [2.45, 2.75) is 6.92 Å². The number of rotatable bonds is 5. The number of nitrogen functional groups attached to an aromatic ring is 1. The zero-order valence-corrected chi connectivity index (χ0v) is 16.3. The van der Waals surface area contributed by atoms with Crippen LogP contribution < -0.4 is 5.73 Å². The van der Waals surface area contributed by atoms with Gasteiger partial charge in [-0.1, -0.05) is 41.4 Å². The second-order valence-electron chi connectivity index (χ2n) is 5.89. The molecule has 144 valence electrons. The molecule has 0 unspecified atom stereocenters. The van der Waals surface area contributed by atoms with Crippen LogP contribution in [0, 0.1) is 0 Å². The molecule has 1 heterocycles. The summed E-state index contributed by atoms with van der Waals surface area (Å²) in [5.41, 5.74) is 7.33. The first kappa shape index (κ1) is 19.8. The van der Waals surface area contributed by atoms with Crippen LogP contribution in [0.5, 0.6) is 0 Å². The van der Waals surface area contributed by atoms with Crippen LogP contribution in [0.4, 0.5) is 5.69 Å². The number of anilines is 1. The van der Waals surface area contributed by atoms with Crippen LogP contribution >= 0.6 is 23.2 Å². The number of hydrogen-bond acceptors (Lipinski definition) is 4. The number of hydrogen-bond donors (Lipinski definition) is 3. The number of esters is 1. The number of nitrogens with one attached hydrogen (secondary N) is 1. The van der Waals surface area contributed by atoms with Crippen LogP contribution in [0.1, 0.15) is 28.5 Å². The molecule has 8 heteroatoms. The first-order chi connectivity index (χ1) is 13.3. The molecule has 0 saturated carbocycles. The lowest BCUT2D eigenvalue weighted by Gasteiger charge is -2.08. The molecule has 3 rings (SSSR count). The molecule has 0 aliphatic rings. The molecule has 1 aromatic heterocycles. The van der Waals surface area contributed by atoms with Gasteiger partial charge in [-0.3, -0.25) is 0 Å². The Kier molecular flexibility index (Phi) is 5.63. The maximum atomic E-state index is 12.5. The smallest absolute Gasteiger partial charge is 0.355 e. The summed E-state index contributed by atoms with van der Waals surface area (Å²) in [6, 6.07) is 9.68. The van der Waals surface area contributed by atoms with Crippen LogP contribution in [-0.4, -0.2) is 28.6 Å². The number of carbonyl (C=O) groups excluding carboxylic acids is 1. The van der Waals surface area contributed by atoms with Crippen LogP contribution in [0.15, 0.2) is 36.4 Å². The van der Waals surface area contributed by atoms with E-state index in [4.69, 9.17) is 33.7 Å². The highest BCUT2D eigenvalue weighted by atomic mass is 35.5. The number of H-pyrrole nitrogens is 1. The van der Waals surface area contributed by atoms with Crippen molar-refractivity contribution in [1.82, 2.24) is 4.98 Å². The second-order valence-corrected chi connectivity index (χ2v) is 6.74. The third-order valence-corrected chi connectivity index (χ3v) is 4.62. The minimum Gasteiger partial charge on any atom is -0.478 e. The summed E-state index contributed by atoms with van der Waals surface area (Å²) in [5, 5.41) is 10.9. The number of aromatic amines is 1. The monoisotopic (exact) mass is 418 g/mol. The number of nitrogens with two attached hydrogens (primary N) is 1. The number of carboxylic acids is 1. The molecule has 0 radical (unpaired) electrons. The largest absolute Gasteiger partial charge is 0.478 e. The van der Waals surface area contributed by atoms with Gasteiger partial charge >= 0.3 is 11.9 Å². The minimum atomic E-state index is -1.20. The van der Waals surface area contributed by atoms with Crippen LogP contribution in [-0.2, 0) is 9.53 Å². The summed E-state index contributed by atoms with van der Waals surface area (Å²) in [6.45, 7) is 1.83. The summed E-state index contributed by atoms with van der Waals surface area (Å²) in [5.74, 6) is -1.84. The fourth-order valence-electron chi connectivity index (χ4n) is 2.92. The predicted molar refractivity (Wildman–Crippen MR) is 111 cm³/mol. The standard InChI is InChI=1S/C20H16Cl2N2O4/c1-2-28-20(27)18-13(17-14(22)7-10(21)8-16(17)24-18)9-12(19(25)26)11-5-3-4-6-15(11)23/h3-9,24H,2,23H2,1H3,(H,25,26)/b12-9-. The lowest BCUT2D eigenvalue weighted by Crippen LogP contribution is -2.08. The quantitative estimate of drug-likeness (QED) is 0.311. The first-order valence-corrected chi connectivity index (χ1v) is 9.06. The maximum Gasteiger partial charge on any atom is 0.355 e. The Morgan fingerprint density at radius 2 is 1.96 bits per heavy atom. The normalized spacial score (nSPS) is 11.6.